The van der Waals surface area contributed by atoms with Crippen LogP contribution in [0.2, 0.25) is 5.02 Å². The highest BCUT2D eigenvalue weighted by atomic mass is 35.5. The smallest absolute Gasteiger partial charge is 0.252 e. The van der Waals surface area contributed by atoms with E-state index < -0.39 is 0 Å². The number of aromatic hydroxyl groups is 1. The van der Waals surface area contributed by atoms with Crippen LogP contribution in [0.15, 0.2) is 72.8 Å². The monoisotopic (exact) mass is 351 g/mol. The van der Waals surface area contributed by atoms with Crippen LogP contribution in [0.1, 0.15) is 15.9 Å². The molecule has 25 heavy (non-hydrogen) atoms. The summed E-state index contributed by atoms with van der Waals surface area (Å²) in [6, 6.07) is 22.0. The van der Waals surface area contributed by atoms with E-state index in [1.807, 2.05) is 42.5 Å². The Bertz CT molecular complexity index is 861. The number of rotatable bonds is 5. The van der Waals surface area contributed by atoms with Gasteiger partial charge in [0.2, 0.25) is 0 Å². The summed E-state index contributed by atoms with van der Waals surface area (Å²) >= 11 is 5.93. The summed E-state index contributed by atoms with van der Waals surface area (Å²) in [5.74, 6) is -0.150. The van der Waals surface area contributed by atoms with Gasteiger partial charge < -0.3 is 10.4 Å². The average molecular weight is 352 g/mol. The van der Waals surface area contributed by atoms with E-state index in [0.717, 1.165) is 23.1 Å². The minimum absolute atomic E-state index is 0.0610. The van der Waals surface area contributed by atoms with Crippen LogP contribution >= 0.6 is 11.6 Å². The van der Waals surface area contributed by atoms with Crippen LogP contribution in [0.3, 0.4) is 0 Å². The number of phenolic OH excluding ortho intramolecular Hbond substituents is 1. The lowest BCUT2D eigenvalue weighted by atomic mass is 9.98. The van der Waals surface area contributed by atoms with Gasteiger partial charge in [0, 0.05) is 11.6 Å². The second-order valence-electron chi connectivity index (χ2n) is 5.73. The van der Waals surface area contributed by atoms with Crippen molar-refractivity contribution < 1.29 is 9.90 Å². The Hall–Kier alpha value is -2.78. The summed E-state index contributed by atoms with van der Waals surface area (Å²) in [4.78, 5) is 12.6. The fourth-order valence-electron chi connectivity index (χ4n) is 2.66. The van der Waals surface area contributed by atoms with Gasteiger partial charge in [-0.15, -0.1) is 0 Å². The SMILES string of the molecule is O=C(NCCc1ccccc1)c1cc(O)ccc1-c1ccc(Cl)cc1. The van der Waals surface area contributed by atoms with Crippen molar-refractivity contribution in [2.45, 2.75) is 6.42 Å². The summed E-state index contributed by atoms with van der Waals surface area (Å²) in [5.41, 5.74) is 3.23. The number of carbonyl (C=O) groups is 1. The lowest BCUT2D eigenvalue weighted by Gasteiger charge is -2.11. The van der Waals surface area contributed by atoms with Gasteiger partial charge in [-0.25, -0.2) is 0 Å². The van der Waals surface area contributed by atoms with E-state index in [2.05, 4.69) is 5.32 Å². The van der Waals surface area contributed by atoms with Crippen molar-refractivity contribution in [1.29, 1.82) is 0 Å². The fourth-order valence-corrected chi connectivity index (χ4v) is 2.79. The molecule has 0 saturated carbocycles. The van der Waals surface area contributed by atoms with Crippen LogP contribution in [0, 0.1) is 0 Å². The van der Waals surface area contributed by atoms with E-state index in [1.165, 1.54) is 6.07 Å². The number of nitrogens with one attached hydrogen (secondary N) is 1. The molecule has 0 fully saturated rings. The van der Waals surface area contributed by atoms with Crippen molar-refractivity contribution in [1.82, 2.24) is 5.32 Å². The molecule has 0 bridgehead atoms. The topological polar surface area (TPSA) is 49.3 Å². The number of hydrogen-bond acceptors (Lipinski definition) is 2. The molecule has 1 amide bonds. The number of benzene rings is 3. The molecule has 3 aromatic rings. The van der Waals surface area contributed by atoms with Crippen LogP contribution in [-0.2, 0) is 6.42 Å². The van der Waals surface area contributed by atoms with E-state index >= 15 is 0 Å². The first kappa shape index (κ1) is 17.1. The highest BCUT2D eigenvalue weighted by molar-refractivity contribution is 6.30. The Morgan fingerprint density at radius 2 is 1.68 bits per heavy atom. The number of carbonyl (C=O) groups excluding carboxylic acids is 1. The maximum atomic E-state index is 12.6. The molecule has 126 valence electrons. The first-order chi connectivity index (χ1) is 12.1. The molecule has 2 N–H and O–H groups in total. The summed E-state index contributed by atoms with van der Waals surface area (Å²) in [6.07, 6.45) is 0.752. The third-order valence-corrected chi connectivity index (χ3v) is 4.20. The maximum Gasteiger partial charge on any atom is 0.252 e. The second-order valence-corrected chi connectivity index (χ2v) is 6.16. The Labute approximate surface area is 151 Å². The van der Waals surface area contributed by atoms with Crippen molar-refractivity contribution in [3.8, 4) is 16.9 Å². The molecule has 0 heterocycles. The highest BCUT2D eigenvalue weighted by Gasteiger charge is 2.13. The largest absolute Gasteiger partial charge is 0.508 e. The molecule has 0 aromatic heterocycles. The first-order valence-corrected chi connectivity index (χ1v) is 8.42. The Morgan fingerprint density at radius 3 is 2.40 bits per heavy atom. The quantitative estimate of drug-likeness (QED) is 0.700. The summed E-state index contributed by atoms with van der Waals surface area (Å²) in [7, 11) is 0. The molecular weight excluding hydrogens is 334 g/mol. The normalized spacial score (nSPS) is 10.4. The molecule has 0 aliphatic heterocycles. The molecule has 3 rings (SSSR count). The minimum atomic E-state index is -0.211. The van der Waals surface area contributed by atoms with Crippen LogP contribution in [0.25, 0.3) is 11.1 Å². The van der Waals surface area contributed by atoms with E-state index in [4.69, 9.17) is 11.6 Å². The zero-order valence-corrected chi connectivity index (χ0v) is 14.3. The molecule has 4 heteroatoms. The maximum absolute atomic E-state index is 12.6. The van der Waals surface area contributed by atoms with Gasteiger partial charge in [-0.3, -0.25) is 4.79 Å². The van der Waals surface area contributed by atoms with Crippen molar-refractivity contribution in [2.24, 2.45) is 0 Å². The lowest BCUT2D eigenvalue weighted by Crippen LogP contribution is -2.26. The number of amides is 1. The number of phenols is 1. The summed E-state index contributed by atoms with van der Waals surface area (Å²) in [5, 5.41) is 13.3. The molecule has 0 unspecified atom stereocenters. The molecule has 0 spiro atoms. The third-order valence-electron chi connectivity index (χ3n) is 3.95. The molecule has 0 saturated heterocycles. The van der Waals surface area contributed by atoms with Gasteiger partial charge in [0.05, 0.1) is 5.56 Å². The van der Waals surface area contributed by atoms with Crippen LogP contribution in [0.4, 0.5) is 0 Å². The fraction of sp³-hybridized carbons (Fsp3) is 0.0952. The third kappa shape index (κ3) is 4.40. The van der Waals surface area contributed by atoms with Crippen molar-refractivity contribution in [2.75, 3.05) is 6.54 Å². The van der Waals surface area contributed by atoms with Gasteiger partial charge in [0.15, 0.2) is 0 Å². The standard InChI is InChI=1S/C21H18ClNO2/c22-17-8-6-16(7-9-17)19-11-10-18(24)14-20(19)21(25)23-13-12-15-4-2-1-3-5-15/h1-11,14,24H,12-13H2,(H,23,25). The van der Waals surface area contributed by atoms with Crippen LogP contribution < -0.4 is 5.32 Å². The molecule has 0 aliphatic carbocycles. The molecule has 0 radical (unpaired) electrons. The van der Waals surface area contributed by atoms with Gasteiger partial charge >= 0.3 is 0 Å². The van der Waals surface area contributed by atoms with Gasteiger partial charge in [0.1, 0.15) is 5.75 Å². The van der Waals surface area contributed by atoms with E-state index in [0.29, 0.717) is 17.1 Å². The van der Waals surface area contributed by atoms with Gasteiger partial charge in [-0.2, -0.15) is 0 Å². The highest BCUT2D eigenvalue weighted by Crippen LogP contribution is 2.28. The average Bonchev–Trinajstić information content (AvgIpc) is 2.63. The number of hydrogen-bond donors (Lipinski definition) is 2. The minimum Gasteiger partial charge on any atom is -0.508 e. The van der Waals surface area contributed by atoms with Gasteiger partial charge in [-0.05, 0) is 53.4 Å². The van der Waals surface area contributed by atoms with Crippen molar-refractivity contribution >= 4 is 17.5 Å². The van der Waals surface area contributed by atoms with Crippen molar-refractivity contribution in [3.63, 3.8) is 0 Å². The molecule has 3 nitrogen and oxygen atoms in total. The van der Waals surface area contributed by atoms with Crippen LogP contribution in [0.5, 0.6) is 5.75 Å². The number of halogens is 1. The molecule has 0 atom stereocenters. The zero-order chi connectivity index (χ0) is 17.6. The summed E-state index contributed by atoms with van der Waals surface area (Å²) < 4.78 is 0. The van der Waals surface area contributed by atoms with Crippen molar-refractivity contribution in [3.05, 3.63) is 88.9 Å². The van der Waals surface area contributed by atoms with Gasteiger partial charge in [0.25, 0.3) is 5.91 Å². The predicted octanol–water partition coefficient (Wildman–Crippen LogP) is 4.69. The van der Waals surface area contributed by atoms with E-state index in [1.54, 1.807) is 24.3 Å². The van der Waals surface area contributed by atoms with E-state index in [-0.39, 0.29) is 11.7 Å². The Kier molecular flexibility index (Phi) is 5.36. The molecule has 3 aromatic carbocycles. The Morgan fingerprint density at radius 1 is 0.960 bits per heavy atom. The Balaban J connectivity index is 1.77. The molecule has 0 aliphatic rings. The first-order valence-electron chi connectivity index (χ1n) is 8.04. The molecular formula is C21H18ClNO2. The van der Waals surface area contributed by atoms with Gasteiger partial charge in [-0.1, -0.05) is 54.1 Å². The van der Waals surface area contributed by atoms with E-state index in [9.17, 15) is 9.90 Å². The lowest BCUT2D eigenvalue weighted by molar-refractivity contribution is 0.0954. The van der Waals surface area contributed by atoms with Crippen LogP contribution in [-0.4, -0.2) is 17.6 Å². The zero-order valence-electron chi connectivity index (χ0n) is 13.6. The second kappa shape index (κ2) is 7.86. The predicted molar refractivity (Wildman–Crippen MR) is 101 cm³/mol. The summed E-state index contributed by atoms with van der Waals surface area (Å²) in [6.45, 7) is 0.526.